The highest BCUT2D eigenvalue weighted by Gasteiger charge is 2.28. The lowest BCUT2D eigenvalue weighted by atomic mass is 9.96. The van der Waals surface area contributed by atoms with Crippen LogP contribution in [0.4, 0.5) is 0 Å². The number of amides is 1. The summed E-state index contributed by atoms with van der Waals surface area (Å²) in [4.78, 5) is 35.5. The number of piperidine rings is 1. The third-order valence-electron chi connectivity index (χ3n) is 5.93. The van der Waals surface area contributed by atoms with E-state index in [4.69, 9.17) is 4.52 Å². The Bertz CT molecular complexity index is 1100. The molecule has 0 aromatic carbocycles. The quantitative estimate of drug-likeness (QED) is 0.648. The number of likely N-dealkylation sites (tertiary alicyclic amines) is 1. The maximum absolute atomic E-state index is 12.8. The van der Waals surface area contributed by atoms with Gasteiger partial charge in [-0.25, -0.2) is 4.98 Å². The fraction of sp³-hybridized carbons (Fsp3) is 0.409. The lowest BCUT2D eigenvalue weighted by Crippen LogP contribution is -2.40. The van der Waals surface area contributed by atoms with Crippen LogP contribution in [0.3, 0.4) is 0 Å². The van der Waals surface area contributed by atoms with Crippen molar-refractivity contribution in [2.45, 2.75) is 38.1 Å². The summed E-state index contributed by atoms with van der Waals surface area (Å²) in [6.45, 7) is 1.93. The van der Waals surface area contributed by atoms with Gasteiger partial charge in [-0.05, 0) is 43.7 Å². The zero-order valence-electron chi connectivity index (χ0n) is 16.6. The Balaban J connectivity index is 1.18. The van der Waals surface area contributed by atoms with Crippen molar-refractivity contribution >= 4 is 5.91 Å². The lowest BCUT2D eigenvalue weighted by molar-refractivity contribution is 0.0672. The van der Waals surface area contributed by atoms with Crippen molar-refractivity contribution in [3.05, 3.63) is 64.7 Å². The van der Waals surface area contributed by atoms with Gasteiger partial charge in [0, 0.05) is 55.6 Å². The average molecular weight is 405 g/mol. The van der Waals surface area contributed by atoms with Crippen LogP contribution in [0, 0.1) is 5.92 Å². The van der Waals surface area contributed by atoms with Crippen LogP contribution in [-0.4, -0.2) is 43.6 Å². The first-order valence-electron chi connectivity index (χ1n) is 10.4. The number of nitrogens with zero attached hydrogens (tertiary/aromatic N) is 5. The molecule has 1 saturated carbocycles. The Morgan fingerprint density at radius 2 is 2.00 bits per heavy atom. The van der Waals surface area contributed by atoms with Crippen LogP contribution in [0.2, 0.25) is 0 Å². The Morgan fingerprint density at radius 3 is 2.70 bits per heavy atom. The molecule has 0 bridgehead atoms. The third kappa shape index (κ3) is 3.90. The average Bonchev–Trinajstić information content (AvgIpc) is 3.52. The molecule has 1 amide bonds. The Labute approximate surface area is 173 Å². The van der Waals surface area contributed by atoms with Crippen molar-refractivity contribution in [3.8, 4) is 11.3 Å². The second kappa shape index (κ2) is 7.85. The van der Waals surface area contributed by atoms with Crippen LogP contribution in [0.25, 0.3) is 11.3 Å². The molecule has 0 spiro atoms. The van der Waals surface area contributed by atoms with E-state index in [1.54, 1.807) is 40.3 Å². The van der Waals surface area contributed by atoms with Gasteiger partial charge in [0.2, 0.25) is 0 Å². The Hall–Kier alpha value is -3.29. The zero-order chi connectivity index (χ0) is 20.5. The molecule has 2 aliphatic rings. The van der Waals surface area contributed by atoms with Gasteiger partial charge in [0.1, 0.15) is 0 Å². The number of rotatable bonds is 5. The van der Waals surface area contributed by atoms with Crippen LogP contribution < -0.4 is 5.56 Å². The minimum atomic E-state index is -0.125. The van der Waals surface area contributed by atoms with Gasteiger partial charge in [-0.3, -0.25) is 19.1 Å². The number of carbonyl (C=O) groups is 1. The number of pyridine rings is 1. The monoisotopic (exact) mass is 405 g/mol. The van der Waals surface area contributed by atoms with Crippen LogP contribution >= 0.6 is 0 Å². The molecule has 1 aliphatic heterocycles. The molecule has 30 heavy (non-hydrogen) atoms. The van der Waals surface area contributed by atoms with Gasteiger partial charge in [0.05, 0.1) is 12.0 Å². The SMILES string of the molecule is O=C(c1cc(-c2cccnc2)on1)N1CCC(Cn2cnc(C3CC3)cc2=O)CC1. The molecule has 0 N–H and O–H groups in total. The summed E-state index contributed by atoms with van der Waals surface area (Å²) >= 11 is 0. The largest absolute Gasteiger partial charge is 0.355 e. The molecule has 1 aliphatic carbocycles. The van der Waals surface area contributed by atoms with Crippen molar-refractivity contribution in [1.29, 1.82) is 0 Å². The van der Waals surface area contributed by atoms with Crippen LogP contribution in [0.1, 0.15) is 47.8 Å². The van der Waals surface area contributed by atoms with E-state index in [1.807, 2.05) is 12.1 Å². The smallest absolute Gasteiger partial charge is 0.276 e. The van der Waals surface area contributed by atoms with Gasteiger partial charge in [-0.15, -0.1) is 0 Å². The Kier molecular flexibility index (Phi) is 4.90. The van der Waals surface area contributed by atoms with Gasteiger partial charge in [0.25, 0.3) is 11.5 Å². The third-order valence-corrected chi connectivity index (χ3v) is 5.93. The standard InChI is InChI=1S/C22H23N5O3/c28-21-11-18(16-3-4-16)24-14-27(21)13-15-5-8-26(9-6-15)22(29)19-10-20(30-25-19)17-2-1-7-23-12-17/h1-2,7,10-12,14-16H,3-6,8-9,13H2. The summed E-state index contributed by atoms with van der Waals surface area (Å²) in [5, 5.41) is 3.95. The van der Waals surface area contributed by atoms with Gasteiger partial charge in [0.15, 0.2) is 11.5 Å². The number of aromatic nitrogens is 4. The molecule has 3 aromatic rings. The fourth-order valence-corrected chi connectivity index (χ4v) is 3.96. The first-order chi connectivity index (χ1) is 14.7. The summed E-state index contributed by atoms with van der Waals surface area (Å²) in [5.74, 6) is 1.24. The second-order valence-corrected chi connectivity index (χ2v) is 8.13. The lowest BCUT2D eigenvalue weighted by Gasteiger charge is -2.31. The highest BCUT2D eigenvalue weighted by atomic mass is 16.5. The molecule has 0 radical (unpaired) electrons. The maximum Gasteiger partial charge on any atom is 0.276 e. The number of hydrogen-bond donors (Lipinski definition) is 0. The van der Waals surface area contributed by atoms with Gasteiger partial charge >= 0.3 is 0 Å². The topological polar surface area (TPSA) is 94.1 Å². The number of hydrogen-bond acceptors (Lipinski definition) is 6. The van der Waals surface area contributed by atoms with Crippen LogP contribution in [0.5, 0.6) is 0 Å². The molecule has 154 valence electrons. The van der Waals surface area contributed by atoms with Gasteiger partial charge in [-0.2, -0.15) is 0 Å². The van der Waals surface area contributed by atoms with Gasteiger partial charge in [-0.1, -0.05) is 5.16 Å². The summed E-state index contributed by atoms with van der Waals surface area (Å²) in [6, 6.07) is 7.02. The number of carbonyl (C=O) groups excluding carboxylic acids is 1. The summed E-state index contributed by atoms with van der Waals surface area (Å²) in [7, 11) is 0. The molecular weight excluding hydrogens is 382 g/mol. The Morgan fingerprint density at radius 1 is 1.17 bits per heavy atom. The minimum absolute atomic E-state index is 0.0240. The summed E-state index contributed by atoms with van der Waals surface area (Å²) in [5.41, 5.74) is 2.05. The molecule has 0 unspecified atom stereocenters. The maximum atomic E-state index is 12.8. The molecule has 1 saturated heterocycles. The van der Waals surface area contributed by atoms with Gasteiger partial charge < -0.3 is 9.42 Å². The molecule has 8 nitrogen and oxygen atoms in total. The second-order valence-electron chi connectivity index (χ2n) is 8.13. The highest BCUT2D eigenvalue weighted by Crippen LogP contribution is 2.38. The van der Waals surface area contributed by atoms with Crippen LogP contribution in [0.15, 0.2) is 52.3 Å². The van der Waals surface area contributed by atoms with E-state index in [-0.39, 0.29) is 11.5 Å². The zero-order valence-corrected chi connectivity index (χ0v) is 16.6. The van der Waals surface area contributed by atoms with Crippen LogP contribution in [-0.2, 0) is 6.54 Å². The predicted molar refractivity (Wildman–Crippen MR) is 109 cm³/mol. The fourth-order valence-electron chi connectivity index (χ4n) is 3.96. The summed E-state index contributed by atoms with van der Waals surface area (Å²) < 4.78 is 7.02. The first kappa shape index (κ1) is 18.7. The highest BCUT2D eigenvalue weighted by molar-refractivity contribution is 5.93. The van der Waals surface area contributed by atoms with Crippen molar-refractivity contribution in [2.24, 2.45) is 5.92 Å². The van der Waals surface area contributed by atoms with E-state index in [0.717, 1.165) is 36.9 Å². The molecule has 4 heterocycles. The van der Waals surface area contributed by atoms with Crippen molar-refractivity contribution in [3.63, 3.8) is 0 Å². The molecular formula is C22H23N5O3. The van der Waals surface area contributed by atoms with E-state index < -0.39 is 0 Å². The van der Waals surface area contributed by atoms with Crippen molar-refractivity contribution in [1.82, 2.24) is 24.6 Å². The molecule has 0 atom stereocenters. The van der Waals surface area contributed by atoms with E-state index in [0.29, 0.717) is 42.9 Å². The predicted octanol–water partition coefficient (Wildman–Crippen LogP) is 2.72. The first-order valence-corrected chi connectivity index (χ1v) is 10.4. The molecule has 5 rings (SSSR count). The van der Waals surface area contributed by atoms with E-state index in [2.05, 4.69) is 15.1 Å². The van der Waals surface area contributed by atoms with E-state index >= 15 is 0 Å². The van der Waals surface area contributed by atoms with E-state index in [1.165, 1.54) is 0 Å². The normalized spacial score (nSPS) is 17.3. The molecule has 2 fully saturated rings. The van der Waals surface area contributed by atoms with Crippen molar-refractivity contribution < 1.29 is 9.32 Å². The van der Waals surface area contributed by atoms with Crippen molar-refractivity contribution in [2.75, 3.05) is 13.1 Å². The minimum Gasteiger partial charge on any atom is -0.355 e. The van der Waals surface area contributed by atoms with E-state index in [9.17, 15) is 9.59 Å². The molecule has 8 heteroatoms. The summed E-state index contributed by atoms with van der Waals surface area (Å²) in [6.07, 6.45) is 9.00. The molecule has 3 aromatic heterocycles.